The van der Waals surface area contributed by atoms with Crippen LogP contribution >= 0.6 is 11.6 Å². The van der Waals surface area contributed by atoms with Crippen molar-refractivity contribution in [3.05, 3.63) is 76.1 Å². The van der Waals surface area contributed by atoms with Gasteiger partial charge >= 0.3 is 0 Å². The lowest BCUT2D eigenvalue weighted by molar-refractivity contribution is 0.214. The second-order valence-electron chi connectivity index (χ2n) is 6.62. The highest BCUT2D eigenvalue weighted by molar-refractivity contribution is 6.29. The fourth-order valence-electron chi connectivity index (χ4n) is 2.95. The summed E-state index contributed by atoms with van der Waals surface area (Å²) < 4.78 is 0. The van der Waals surface area contributed by atoms with Crippen LogP contribution in [0.4, 0.5) is 0 Å². The lowest BCUT2D eigenvalue weighted by atomic mass is 9.90. The first-order chi connectivity index (χ1) is 12.3. The van der Waals surface area contributed by atoms with E-state index in [4.69, 9.17) is 11.6 Å². The van der Waals surface area contributed by atoms with E-state index in [1.807, 2.05) is 39.0 Å². The standard InChI is InChI=1S/C22H31ClN2O/c1-7-10-18(16(4)5)19(11-8-2)22(26)20-13-21(23)24-14-17(20)15-25(6)12-9-3/h7-8,10-11,13-14,22,26H,2,9,12,15H2,1,3-6H3. The van der Waals surface area contributed by atoms with Gasteiger partial charge in [0, 0.05) is 12.7 Å². The van der Waals surface area contributed by atoms with Crippen molar-refractivity contribution in [3.63, 3.8) is 0 Å². The first-order valence-corrected chi connectivity index (χ1v) is 9.37. The molecule has 0 saturated carbocycles. The van der Waals surface area contributed by atoms with Gasteiger partial charge in [0.15, 0.2) is 0 Å². The number of rotatable bonds is 9. The number of hydrogen-bond acceptors (Lipinski definition) is 3. The van der Waals surface area contributed by atoms with E-state index in [9.17, 15) is 5.11 Å². The van der Waals surface area contributed by atoms with Crippen LogP contribution in [0.2, 0.25) is 5.15 Å². The van der Waals surface area contributed by atoms with Crippen LogP contribution in [0.5, 0.6) is 0 Å². The van der Waals surface area contributed by atoms with Crippen molar-refractivity contribution in [1.29, 1.82) is 0 Å². The van der Waals surface area contributed by atoms with Gasteiger partial charge in [0.2, 0.25) is 0 Å². The molecule has 0 aliphatic carbocycles. The van der Waals surface area contributed by atoms with E-state index in [0.717, 1.165) is 40.8 Å². The molecule has 0 saturated heterocycles. The maximum Gasteiger partial charge on any atom is 0.129 e. The van der Waals surface area contributed by atoms with Crippen molar-refractivity contribution in [2.75, 3.05) is 13.6 Å². The van der Waals surface area contributed by atoms with Gasteiger partial charge in [-0.25, -0.2) is 4.98 Å². The number of hydrogen-bond donors (Lipinski definition) is 1. The van der Waals surface area contributed by atoms with Crippen LogP contribution in [0, 0.1) is 0 Å². The molecule has 0 spiro atoms. The zero-order valence-electron chi connectivity index (χ0n) is 16.6. The highest BCUT2D eigenvalue weighted by Crippen LogP contribution is 2.33. The summed E-state index contributed by atoms with van der Waals surface area (Å²) in [6, 6.07) is 1.76. The Hall–Kier alpha value is -1.68. The average molecular weight is 375 g/mol. The molecule has 0 amide bonds. The quantitative estimate of drug-likeness (QED) is 0.449. The Morgan fingerprint density at radius 2 is 2.12 bits per heavy atom. The molecule has 0 radical (unpaired) electrons. The lowest BCUT2D eigenvalue weighted by Crippen LogP contribution is -2.20. The summed E-state index contributed by atoms with van der Waals surface area (Å²) in [5, 5.41) is 11.6. The topological polar surface area (TPSA) is 36.4 Å². The van der Waals surface area contributed by atoms with Crippen LogP contribution in [0.25, 0.3) is 0 Å². The second-order valence-corrected chi connectivity index (χ2v) is 7.00. The van der Waals surface area contributed by atoms with Crippen molar-refractivity contribution in [2.24, 2.45) is 0 Å². The Morgan fingerprint density at radius 1 is 1.42 bits per heavy atom. The van der Waals surface area contributed by atoms with Crippen LogP contribution in [-0.4, -0.2) is 28.6 Å². The Kier molecular flexibility index (Phi) is 9.57. The molecule has 1 aromatic heterocycles. The maximum atomic E-state index is 11.2. The largest absolute Gasteiger partial charge is 0.384 e. The van der Waals surface area contributed by atoms with Gasteiger partial charge in [0.1, 0.15) is 11.3 Å². The highest BCUT2D eigenvalue weighted by atomic mass is 35.5. The molecule has 0 aliphatic rings. The van der Waals surface area contributed by atoms with Crippen molar-refractivity contribution >= 4 is 11.6 Å². The van der Waals surface area contributed by atoms with Crippen molar-refractivity contribution in [2.45, 2.75) is 46.8 Å². The lowest BCUT2D eigenvalue weighted by Gasteiger charge is -2.23. The molecule has 3 nitrogen and oxygen atoms in total. The molecule has 1 atom stereocenters. The fraction of sp³-hybridized carbons (Fsp3) is 0.409. The third-order valence-corrected chi connectivity index (χ3v) is 4.31. The number of allylic oxidation sites excluding steroid dienone is 5. The van der Waals surface area contributed by atoms with Crippen molar-refractivity contribution in [1.82, 2.24) is 9.88 Å². The number of aliphatic hydroxyl groups excluding tert-OH is 1. The summed E-state index contributed by atoms with van der Waals surface area (Å²) >= 11 is 6.14. The summed E-state index contributed by atoms with van der Waals surface area (Å²) in [7, 11) is 2.07. The molecular formula is C22H31ClN2O. The van der Waals surface area contributed by atoms with Gasteiger partial charge in [-0.3, -0.25) is 0 Å². The van der Waals surface area contributed by atoms with Gasteiger partial charge in [0.05, 0.1) is 0 Å². The first-order valence-electron chi connectivity index (χ1n) is 8.99. The van der Waals surface area contributed by atoms with Crippen LogP contribution in [0.3, 0.4) is 0 Å². The Labute approximate surface area is 163 Å². The van der Waals surface area contributed by atoms with Crippen LogP contribution < -0.4 is 0 Å². The maximum absolute atomic E-state index is 11.2. The van der Waals surface area contributed by atoms with Gasteiger partial charge in [-0.15, -0.1) is 0 Å². The van der Waals surface area contributed by atoms with Gasteiger partial charge in [-0.2, -0.15) is 0 Å². The normalized spacial score (nSPS) is 13.3. The van der Waals surface area contributed by atoms with E-state index in [1.54, 1.807) is 18.3 Å². The predicted octanol–water partition coefficient (Wildman–Crippen LogP) is 5.64. The van der Waals surface area contributed by atoms with Gasteiger partial charge in [-0.1, -0.05) is 55.0 Å². The zero-order chi connectivity index (χ0) is 19.7. The SMILES string of the molecule is C=CC=C(C(C=CC)=C(C)C)C(O)c1cc(Cl)ncc1CN(C)CCC. The van der Waals surface area contributed by atoms with E-state index in [1.165, 1.54) is 0 Å². The third kappa shape index (κ3) is 6.24. The van der Waals surface area contributed by atoms with E-state index in [0.29, 0.717) is 11.7 Å². The number of nitrogens with zero attached hydrogens (tertiary/aromatic N) is 2. The Balaban J connectivity index is 3.42. The van der Waals surface area contributed by atoms with Gasteiger partial charge < -0.3 is 10.0 Å². The Bertz CT molecular complexity index is 700. The fourth-order valence-corrected chi connectivity index (χ4v) is 3.12. The minimum atomic E-state index is -0.806. The molecule has 1 aromatic rings. The van der Waals surface area contributed by atoms with Crippen molar-refractivity contribution < 1.29 is 5.11 Å². The average Bonchev–Trinajstić information content (AvgIpc) is 2.59. The van der Waals surface area contributed by atoms with Crippen LogP contribution in [-0.2, 0) is 6.54 Å². The summed E-state index contributed by atoms with van der Waals surface area (Å²) in [6.45, 7) is 13.7. The summed E-state index contributed by atoms with van der Waals surface area (Å²) in [5.74, 6) is 0. The second kappa shape index (κ2) is 11.1. The summed E-state index contributed by atoms with van der Waals surface area (Å²) in [4.78, 5) is 6.43. The Morgan fingerprint density at radius 3 is 2.65 bits per heavy atom. The highest BCUT2D eigenvalue weighted by Gasteiger charge is 2.21. The smallest absolute Gasteiger partial charge is 0.129 e. The van der Waals surface area contributed by atoms with Crippen molar-refractivity contribution in [3.8, 4) is 0 Å². The number of aliphatic hydroxyl groups is 1. The summed E-state index contributed by atoms with van der Waals surface area (Å²) in [5.41, 5.74) is 4.69. The molecule has 1 N–H and O–H groups in total. The molecular weight excluding hydrogens is 344 g/mol. The molecule has 4 heteroatoms. The monoisotopic (exact) mass is 374 g/mol. The molecule has 1 heterocycles. The van der Waals surface area contributed by atoms with E-state index in [-0.39, 0.29) is 0 Å². The number of aromatic nitrogens is 1. The minimum absolute atomic E-state index is 0.378. The van der Waals surface area contributed by atoms with E-state index in [2.05, 4.69) is 30.4 Å². The van der Waals surface area contributed by atoms with E-state index < -0.39 is 6.10 Å². The van der Waals surface area contributed by atoms with Crippen LogP contribution in [0.1, 0.15) is 51.3 Å². The molecule has 1 rings (SSSR count). The first kappa shape index (κ1) is 22.4. The van der Waals surface area contributed by atoms with E-state index >= 15 is 0 Å². The molecule has 0 bridgehead atoms. The molecule has 26 heavy (non-hydrogen) atoms. The van der Waals surface area contributed by atoms with Crippen LogP contribution in [0.15, 0.2) is 59.9 Å². The number of halogens is 1. The van der Waals surface area contributed by atoms with Gasteiger partial charge in [-0.05, 0) is 69.1 Å². The minimum Gasteiger partial charge on any atom is -0.384 e. The van der Waals surface area contributed by atoms with Gasteiger partial charge in [0.25, 0.3) is 0 Å². The predicted molar refractivity (Wildman–Crippen MR) is 112 cm³/mol. The molecule has 1 unspecified atom stereocenters. The molecule has 0 aromatic carbocycles. The molecule has 0 fully saturated rings. The molecule has 142 valence electrons. The summed E-state index contributed by atoms with van der Waals surface area (Å²) in [6.07, 6.45) is 9.58. The number of pyridine rings is 1. The third-order valence-electron chi connectivity index (χ3n) is 4.10. The zero-order valence-corrected chi connectivity index (χ0v) is 17.3. The molecule has 0 aliphatic heterocycles.